The van der Waals surface area contributed by atoms with Gasteiger partial charge < -0.3 is 5.32 Å². The summed E-state index contributed by atoms with van der Waals surface area (Å²) in [7, 11) is 0. The molecular formula is C19H21FN4. The number of nitrogens with one attached hydrogen (secondary N) is 1. The van der Waals surface area contributed by atoms with Crippen molar-refractivity contribution in [3.05, 3.63) is 47.6 Å². The SMILES string of the molecule is CCC(CC)C1N=C2C=CNC3=CCC=C4C(F)=CC=NC34C2=N1. The second-order valence-corrected chi connectivity index (χ2v) is 6.43. The van der Waals surface area contributed by atoms with Crippen LogP contribution in [0.1, 0.15) is 33.1 Å². The Morgan fingerprint density at radius 3 is 2.92 bits per heavy atom. The van der Waals surface area contributed by atoms with Crippen LogP contribution in [0.15, 0.2) is 62.6 Å². The number of rotatable bonds is 3. The average molecular weight is 324 g/mol. The molecule has 2 atom stereocenters. The molecule has 0 amide bonds. The van der Waals surface area contributed by atoms with Crippen molar-refractivity contribution in [3.8, 4) is 0 Å². The van der Waals surface area contributed by atoms with Crippen LogP contribution in [0.3, 0.4) is 0 Å². The van der Waals surface area contributed by atoms with Crippen molar-refractivity contribution < 1.29 is 4.39 Å². The Morgan fingerprint density at radius 1 is 1.29 bits per heavy atom. The first-order valence-corrected chi connectivity index (χ1v) is 8.62. The summed E-state index contributed by atoms with van der Waals surface area (Å²) < 4.78 is 14.6. The highest BCUT2D eigenvalue weighted by Gasteiger charge is 2.50. The molecule has 0 fully saturated rings. The first-order valence-electron chi connectivity index (χ1n) is 8.62. The Labute approximate surface area is 141 Å². The minimum atomic E-state index is -0.916. The Hall–Kier alpha value is -2.30. The molecule has 124 valence electrons. The van der Waals surface area contributed by atoms with Crippen molar-refractivity contribution in [2.75, 3.05) is 0 Å². The van der Waals surface area contributed by atoms with Crippen molar-refractivity contribution in [2.24, 2.45) is 20.9 Å². The number of halogens is 1. The van der Waals surface area contributed by atoms with Crippen molar-refractivity contribution in [1.82, 2.24) is 5.32 Å². The van der Waals surface area contributed by atoms with Gasteiger partial charge in [-0.15, -0.1) is 0 Å². The predicted molar refractivity (Wildman–Crippen MR) is 96.2 cm³/mol. The average Bonchev–Trinajstić information content (AvgIpc) is 2.95. The Bertz CT molecular complexity index is 777. The van der Waals surface area contributed by atoms with E-state index in [1.165, 1.54) is 6.08 Å². The summed E-state index contributed by atoms with van der Waals surface area (Å²) >= 11 is 0. The first kappa shape index (κ1) is 15.2. The third-order valence-electron chi connectivity index (χ3n) is 5.24. The van der Waals surface area contributed by atoms with Crippen LogP contribution in [0, 0.1) is 5.92 Å². The fourth-order valence-electron chi connectivity index (χ4n) is 3.89. The second kappa shape index (κ2) is 5.65. The van der Waals surface area contributed by atoms with Gasteiger partial charge in [0.25, 0.3) is 0 Å². The smallest absolute Gasteiger partial charge is 0.171 e. The van der Waals surface area contributed by atoms with E-state index >= 15 is 0 Å². The summed E-state index contributed by atoms with van der Waals surface area (Å²) in [6.07, 6.45) is 13.3. The molecular weight excluding hydrogens is 303 g/mol. The van der Waals surface area contributed by atoms with Gasteiger partial charge in [0.15, 0.2) is 5.54 Å². The number of nitrogens with zero attached hydrogens (tertiary/aromatic N) is 3. The quantitative estimate of drug-likeness (QED) is 0.846. The predicted octanol–water partition coefficient (Wildman–Crippen LogP) is 3.65. The third-order valence-corrected chi connectivity index (χ3v) is 5.24. The van der Waals surface area contributed by atoms with E-state index in [0.29, 0.717) is 17.9 Å². The Balaban J connectivity index is 1.89. The maximum absolute atomic E-state index is 14.6. The highest BCUT2D eigenvalue weighted by atomic mass is 19.1. The lowest BCUT2D eigenvalue weighted by Crippen LogP contribution is -2.48. The minimum Gasteiger partial charge on any atom is -0.363 e. The summed E-state index contributed by atoms with van der Waals surface area (Å²) in [4.78, 5) is 14.5. The van der Waals surface area contributed by atoms with E-state index in [0.717, 1.165) is 30.0 Å². The van der Waals surface area contributed by atoms with Crippen LogP contribution in [-0.4, -0.2) is 29.3 Å². The van der Waals surface area contributed by atoms with Crippen molar-refractivity contribution in [1.29, 1.82) is 0 Å². The molecule has 0 saturated carbocycles. The van der Waals surface area contributed by atoms with Gasteiger partial charge >= 0.3 is 0 Å². The van der Waals surface area contributed by atoms with E-state index in [9.17, 15) is 4.39 Å². The summed E-state index contributed by atoms with van der Waals surface area (Å²) in [5, 5.41) is 3.27. The summed E-state index contributed by atoms with van der Waals surface area (Å²) in [5.74, 6) is 0.151. The van der Waals surface area contributed by atoms with Crippen LogP contribution in [0.4, 0.5) is 4.39 Å². The zero-order valence-corrected chi connectivity index (χ0v) is 14.0. The van der Waals surface area contributed by atoms with Gasteiger partial charge in [-0.3, -0.25) is 15.0 Å². The second-order valence-electron chi connectivity index (χ2n) is 6.43. The largest absolute Gasteiger partial charge is 0.363 e. The molecule has 1 aliphatic carbocycles. The molecule has 4 aliphatic rings. The molecule has 0 aromatic rings. The summed E-state index contributed by atoms with van der Waals surface area (Å²) in [5.41, 5.74) is 2.10. The molecule has 0 aromatic carbocycles. The van der Waals surface area contributed by atoms with Gasteiger partial charge in [-0.2, -0.15) is 0 Å². The Morgan fingerprint density at radius 2 is 2.12 bits per heavy atom. The van der Waals surface area contributed by atoms with Crippen LogP contribution in [0.2, 0.25) is 0 Å². The lowest BCUT2D eigenvalue weighted by atomic mass is 9.75. The van der Waals surface area contributed by atoms with Gasteiger partial charge in [-0.05, 0) is 31.4 Å². The lowest BCUT2D eigenvalue weighted by Gasteiger charge is -2.37. The summed E-state index contributed by atoms with van der Waals surface area (Å²) in [6.45, 7) is 4.33. The molecule has 4 rings (SSSR count). The van der Waals surface area contributed by atoms with Crippen molar-refractivity contribution in [2.45, 2.75) is 44.8 Å². The topological polar surface area (TPSA) is 49.1 Å². The zero-order chi connectivity index (χ0) is 16.7. The molecule has 1 spiro atoms. The number of aliphatic imine (C=N–C) groups is 3. The highest BCUT2D eigenvalue weighted by molar-refractivity contribution is 6.52. The molecule has 0 bridgehead atoms. The van der Waals surface area contributed by atoms with E-state index in [-0.39, 0.29) is 12.0 Å². The standard InChI is InChI=1S/C19H21FN4/c1-3-12(4-2)18-23-15-9-10-21-16-7-5-6-13-14(20)8-11-22-19(13,16)17(15)24-18/h6-12,18,21H,3-5H2,1-2H3. The Kier molecular flexibility index (Phi) is 3.59. The molecule has 0 aromatic heterocycles. The van der Waals surface area contributed by atoms with Crippen LogP contribution in [-0.2, 0) is 0 Å². The third kappa shape index (κ3) is 2.00. The van der Waals surface area contributed by atoms with Crippen LogP contribution >= 0.6 is 0 Å². The molecule has 2 unspecified atom stereocenters. The summed E-state index contributed by atoms with van der Waals surface area (Å²) in [6, 6.07) is 0. The molecule has 3 aliphatic heterocycles. The maximum atomic E-state index is 14.6. The number of dihydropyridines is 1. The number of fused-ring (bicyclic) bond motifs is 1. The molecule has 5 heteroatoms. The van der Waals surface area contributed by atoms with Crippen LogP contribution < -0.4 is 5.32 Å². The van der Waals surface area contributed by atoms with Gasteiger partial charge in [-0.1, -0.05) is 26.0 Å². The van der Waals surface area contributed by atoms with Gasteiger partial charge in [0.2, 0.25) is 0 Å². The molecule has 0 radical (unpaired) electrons. The zero-order valence-electron chi connectivity index (χ0n) is 14.0. The van der Waals surface area contributed by atoms with E-state index in [1.54, 1.807) is 6.21 Å². The molecule has 1 N–H and O–H groups in total. The van der Waals surface area contributed by atoms with Gasteiger partial charge in [0.05, 0.1) is 11.4 Å². The fourth-order valence-corrected chi connectivity index (χ4v) is 3.89. The lowest BCUT2D eigenvalue weighted by molar-refractivity contribution is 0.411. The molecule has 4 nitrogen and oxygen atoms in total. The maximum Gasteiger partial charge on any atom is 0.171 e. The number of hydrogen-bond donors (Lipinski definition) is 1. The number of allylic oxidation sites excluding steroid dienone is 4. The van der Waals surface area contributed by atoms with E-state index in [1.807, 2.05) is 18.4 Å². The first-order chi connectivity index (χ1) is 11.7. The van der Waals surface area contributed by atoms with Crippen LogP contribution in [0.5, 0.6) is 0 Å². The minimum absolute atomic E-state index is 0.101. The van der Waals surface area contributed by atoms with Gasteiger partial charge in [0.1, 0.15) is 17.7 Å². The van der Waals surface area contributed by atoms with Crippen LogP contribution in [0.25, 0.3) is 0 Å². The number of hydrogen-bond acceptors (Lipinski definition) is 4. The van der Waals surface area contributed by atoms with E-state index in [4.69, 9.17) is 15.0 Å². The monoisotopic (exact) mass is 324 g/mol. The van der Waals surface area contributed by atoms with Crippen molar-refractivity contribution in [3.63, 3.8) is 0 Å². The van der Waals surface area contributed by atoms with Gasteiger partial charge in [-0.25, -0.2) is 4.39 Å². The highest BCUT2D eigenvalue weighted by Crippen LogP contribution is 2.43. The van der Waals surface area contributed by atoms with E-state index < -0.39 is 5.54 Å². The molecule has 3 heterocycles. The normalized spacial score (nSPS) is 30.2. The fraction of sp³-hybridized carbons (Fsp3) is 0.421. The molecule has 0 saturated heterocycles. The molecule has 24 heavy (non-hydrogen) atoms. The van der Waals surface area contributed by atoms with Gasteiger partial charge in [0, 0.05) is 23.9 Å². The van der Waals surface area contributed by atoms with Crippen molar-refractivity contribution >= 4 is 17.6 Å². The van der Waals surface area contributed by atoms with E-state index in [2.05, 4.69) is 25.2 Å².